The van der Waals surface area contributed by atoms with Crippen molar-refractivity contribution in [2.24, 2.45) is 0 Å². The van der Waals surface area contributed by atoms with Crippen LogP contribution < -0.4 is 4.74 Å². The Balaban J connectivity index is 2.13. The van der Waals surface area contributed by atoms with Gasteiger partial charge in [-0.1, -0.05) is 12.1 Å². The van der Waals surface area contributed by atoms with E-state index in [1.54, 1.807) is 14.0 Å². The van der Waals surface area contributed by atoms with Crippen LogP contribution in [0.4, 0.5) is 0 Å². The number of esters is 1. The molecule has 1 aromatic carbocycles. The molecule has 0 N–H and O–H groups in total. The third-order valence-electron chi connectivity index (χ3n) is 2.57. The second-order valence-electron chi connectivity index (χ2n) is 3.94. The van der Waals surface area contributed by atoms with Crippen molar-refractivity contribution in [2.75, 3.05) is 13.7 Å². The largest absolute Gasteiger partial charge is 0.497 e. The Morgan fingerprint density at radius 1 is 1.30 bits per heavy atom. The van der Waals surface area contributed by atoms with E-state index in [-0.39, 0.29) is 5.69 Å². The highest BCUT2D eigenvalue weighted by Crippen LogP contribution is 2.15. The molecule has 2 rings (SSSR count). The molecule has 7 heteroatoms. The number of carbonyl (C=O) groups excluding carboxylic acids is 1. The molecule has 1 heterocycles. The van der Waals surface area contributed by atoms with E-state index in [1.165, 1.54) is 4.80 Å². The van der Waals surface area contributed by atoms with Crippen molar-refractivity contribution in [1.82, 2.24) is 15.0 Å². The molecule has 0 saturated carbocycles. The van der Waals surface area contributed by atoms with Gasteiger partial charge in [0.25, 0.3) is 0 Å². The van der Waals surface area contributed by atoms with Crippen molar-refractivity contribution in [3.63, 3.8) is 0 Å². The maximum absolute atomic E-state index is 11.6. The molecule has 0 unspecified atom stereocenters. The van der Waals surface area contributed by atoms with Crippen LogP contribution in [0.25, 0.3) is 0 Å². The summed E-state index contributed by atoms with van der Waals surface area (Å²) in [6.45, 7) is 2.51. The molecular weight excluding hydrogens is 326 g/mol. The monoisotopic (exact) mass is 339 g/mol. The van der Waals surface area contributed by atoms with Gasteiger partial charge in [0.05, 0.1) is 20.3 Å². The van der Waals surface area contributed by atoms with Crippen LogP contribution in [0.15, 0.2) is 28.9 Å². The van der Waals surface area contributed by atoms with Gasteiger partial charge in [-0.25, -0.2) is 4.79 Å². The smallest absolute Gasteiger partial charge is 0.361 e. The molecule has 0 spiro atoms. The summed E-state index contributed by atoms with van der Waals surface area (Å²) in [6, 6.07) is 7.56. The highest BCUT2D eigenvalue weighted by molar-refractivity contribution is 9.10. The minimum absolute atomic E-state index is 0.181. The number of ether oxygens (including phenoxy) is 2. The molecule has 6 nitrogen and oxygen atoms in total. The van der Waals surface area contributed by atoms with E-state index in [9.17, 15) is 4.79 Å². The molecular formula is C13H14BrN3O3. The molecule has 0 aliphatic rings. The fraction of sp³-hybridized carbons (Fsp3) is 0.308. The average Bonchev–Trinajstić information content (AvgIpc) is 2.81. The molecule has 1 aromatic heterocycles. The van der Waals surface area contributed by atoms with Gasteiger partial charge in [-0.15, -0.1) is 10.2 Å². The van der Waals surface area contributed by atoms with E-state index >= 15 is 0 Å². The van der Waals surface area contributed by atoms with E-state index in [4.69, 9.17) is 9.47 Å². The molecule has 20 heavy (non-hydrogen) atoms. The number of methoxy groups -OCH3 is 1. The van der Waals surface area contributed by atoms with Crippen LogP contribution in [0.5, 0.6) is 5.75 Å². The molecule has 106 valence electrons. The van der Waals surface area contributed by atoms with Gasteiger partial charge < -0.3 is 9.47 Å². The number of nitrogens with zero attached hydrogens (tertiary/aromatic N) is 3. The second kappa shape index (κ2) is 6.51. The van der Waals surface area contributed by atoms with Crippen molar-refractivity contribution in [3.05, 3.63) is 40.1 Å². The number of aromatic nitrogens is 3. The Morgan fingerprint density at radius 2 is 2.00 bits per heavy atom. The first-order chi connectivity index (χ1) is 9.63. The van der Waals surface area contributed by atoms with Gasteiger partial charge >= 0.3 is 5.97 Å². The van der Waals surface area contributed by atoms with Crippen molar-refractivity contribution in [2.45, 2.75) is 13.5 Å². The molecule has 0 amide bonds. The SMILES string of the molecule is CCOC(=O)c1nn(Cc2ccc(OC)cc2)nc1Br. The number of halogens is 1. The molecule has 0 bridgehead atoms. The summed E-state index contributed by atoms with van der Waals surface area (Å²) in [4.78, 5) is 13.1. The number of hydrogen-bond donors (Lipinski definition) is 0. The fourth-order valence-corrected chi connectivity index (χ4v) is 2.04. The maximum atomic E-state index is 11.6. The lowest BCUT2D eigenvalue weighted by Gasteiger charge is -2.02. The predicted octanol–water partition coefficient (Wildman–Crippen LogP) is 2.27. The van der Waals surface area contributed by atoms with Crippen LogP contribution in [0, 0.1) is 0 Å². The number of rotatable bonds is 5. The maximum Gasteiger partial charge on any atom is 0.361 e. The highest BCUT2D eigenvalue weighted by Gasteiger charge is 2.17. The summed E-state index contributed by atoms with van der Waals surface area (Å²) in [5.41, 5.74) is 1.18. The first kappa shape index (κ1) is 14.5. The van der Waals surface area contributed by atoms with Gasteiger partial charge in [0.1, 0.15) is 5.75 Å². The van der Waals surface area contributed by atoms with Crippen LogP contribution in [-0.4, -0.2) is 34.7 Å². The lowest BCUT2D eigenvalue weighted by atomic mass is 10.2. The Kier molecular flexibility index (Phi) is 4.73. The standard InChI is InChI=1S/C13H14BrN3O3/c1-3-20-13(18)11-12(14)16-17(15-11)8-9-4-6-10(19-2)7-5-9/h4-7H,3,8H2,1-2H3. The summed E-state index contributed by atoms with van der Waals surface area (Å²) in [5, 5.41) is 8.26. The predicted molar refractivity (Wildman–Crippen MR) is 75.8 cm³/mol. The van der Waals surface area contributed by atoms with Gasteiger partial charge in [-0.05, 0) is 40.5 Å². The second-order valence-corrected chi connectivity index (χ2v) is 4.69. The normalized spacial score (nSPS) is 10.3. The van der Waals surface area contributed by atoms with Crippen LogP contribution >= 0.6 is 15.9 Å². The molecule has 0 aliphatic carbocycles. The molecule has 0 radical (unpaired) electrons. The first-order valence-electron chi connectivity index (χ1n) is 6.04. The number of benzene rings is 1. The zero-order chi connectivity index (χ0) is 14.5. The number of carbonyl (C=O) groups is 1. The van der Waals surface area contributed by atoms with Gasteiger partial charge in [0.2, 0.25) is 5.69 Å². The van der Waals surface area contributed by atoms with Crippen LogP contribution in [-0.2, 0) is 11.3 Å². The van der Waals surface area contributed by atoms with E-state index in [0.717, 1.165) is 11.3 Å². The summed E-state index contributed by atoms with van der Waals surface area (Å²) < 4.78 is 10.4. The summed E-state index contributed by atoms with van der Waals surface area (Å²) in [6.07, 6.45) is 0. The Labute approximate surface area is 124 Å². The zero-order valence-electron chi connectivity index (χ0n) is 11.2. The zero-order valence-corrected chi connectivity index (χ0v) is 12.8. The Bertz CT molecular complexity index is 595. The Hall–Kier alpha value is -1.89. The topological polar surface area (TPSA) is 66.2 Å². The van der Waals surface area contributed by atoms with Gasteiger partial charge in [0, 0.05) is 0 Å². The molecule has 0 atom stereocenters. The number of hydrogen-bond acceptors (Lipinski definition) is 5. The van der Waals surface area contributed by atoms with Crippen molar-refractivity contribution in [3.8, 4) is 5.75 Å². The lowest BCUT2D eigenvalue weighted by Crippen LogP contribution is -2.08. The third-order valence-corrected chi connectivity index (χ3v) is 3.10. The molecule has 0 fully saturated rings. The molecule has 0 saturated heterocycles. The summed E-state index contributed by atoms with van der Waals surface area (Å²) in [7, 11) is 1.62. The van der Waals surface area contributed by atoms with Crippen molar-refractivity contribution in [1.29, 1.82) is 0 Å². The third kappa shape index (κ3) is 3.36. The van der Waals surface area contributed by atoms with E-state index in [2.05, 4.69) is 26.1 Å². The van der Waals surface area contributed by atoms with Gasteiger partial charge in [-0.2, -0.15) is 4.80 Å². The average molecular weight is 340 g/mol. The minimum Gasteiger partial charge on any atom is -0.497 e. The van der Waals surface area contributed by atoms with E-state index in [0.29, 0.717) is 17.8 Å². The van der Waals surface area contributed by atoms with Crippen LogP contribution in [0.2, 0.25) is 0 Å². The molecule has 2 aromatic rings. The highest BCUT2D eigenvalue weighted by atomic mass is 79.9. The molecule has 0 aliphatic heterocycles. The summed E-state index contributed by atoms with van der Waals surface area (Å²) >= 11 is 3.21. The van der Waals surface area contributed by atoms with Crippen LogP contribution in [0.3, 0.4) is 0 Å². The lowest BCUT2D eigenvalue weighted by molar-refractivity contribution is 0.0517. The van der Waals surface area contributed by atoms with Gasteiger partial charge in [-0.3, -0.25) is 0 Å². The van der Waals surface area contributed by atoms with E-state index in [1.807, 2.05) is 24.3 Å². The summed E-state index contributed by atoms with van der Waals surface area (Å²) in [5.74, 6) is 0.302. The fourth-order valence-electron chi connectivity index (χ4n) is 1.62. The van der Waals surface area contributed by atoms with Crippen LogP contribution in [0.1, 0.15) is 23.0 Å². The minimum atomic E-state index is -0.486. The van der Waals surface area contributed by atoms with Crippen molar-refractivity contribution < 1.29 is 14.3 Å². The Morgan fingerprint density at radius 3 is 2.60 bits per heavy atom. The van der Waals surface area contributed by atoms with Crippen molar-refractivity contribution >= 4 is 21.9 Å². The van der Waals surface area contributed by atoms with Gasteiger partial charge in [0.15, 0.2) is 4.60 Å². The van der Waals surface area contributed by atoms with E-state index < -0.39 is 5.97 Å². The quantitative estimate of drug-likeness (QED) is 0.782. The first-order valence-corrected chi connectivity index (χ1v) is 6.84.